The molecule has 4 N–H and O–H groups in total. The summed E-state index contributed by atoms with van der Waals surface area (Å²) in [6.07, 6.45) is 0.376. The van der Waals surface area contributed by atoms with Gasteiger partial charge in [-0.25, -0.2) is 0 Å². The van der Waals surface area contributed by atoms with E-state index >= 15 is 0 Å². The molecule has 1 heterocycles. The third-order valence-corrected chi connectivity index (χ3v) is 4.19. The van der Waals surface area contributed by atoms with E-state index in [1.54, 1.807) is 0 Å². The zero-order chi connectivity index (χ0) is 16.3. The van der Waals surface area contributed by atoms with Crippen molar-refractivity contribution in [1.82, 2.24) is 0 Å². The lowest BCUT2D eigenvalue weighted by atomic mass is 9.94. The van der Waals surface area contributed by atoms with Crippen molar-refractivity contribution in [2.24, 2.45) is 0 Å². The van der Waals surface area contributed by atoms with Gasteiger partial charge < -0.3 is 25.2 Å². The molecule has 3 aromatic carbocycles. The number of carbonyl (C=O) groups excluding carboxylic acids is 1. The molecule has 0 saturated heterocycles. The van der Waals surface area contributed by atoms with Crippen LogP contribution < -0.4 is 4.74 Å². The topological polar surface area (TPSA) is 107 Å². The highest BCUT2D eigenvalue weighted by molar-refractivity contribution is 6.14. The van der Waals surface area contributed by atoms with Gasteiger partial charge in [-0.3, -0.25) is 4.79 Å². The maximum atomic E-state index is 11.1. The van der Waals surface area contributed by atoms with Gasteiger partial charge in [0.25, 0.3) is 0 Å². The Bertz CT molecular complexity index is 915. The SMILES string of the molecule is O=C[C@@H]1Cc2c(c3cc(O)c(O)cc3c3cc(O)c(O)cc23)O1. The number of phenolic OH excluding ortho intramolecular Hbond substituents is 4. The highest BCUT2D eigenvalue weighted by Gasteiger charge is 2.28. The van der Waals surface area contributed by atoms with E-state index in [9.17, 15) is 25.2 Å². The van der Waals surface area contributed by atoms with Crippen molar-refractivity contribution >= 4 is 27.8 Å². The third kappa shape index (κ3) is 1.78. The van der Waals surface area contributed by atoms with Crippen molar-refractivity contribution in [2.45, 2.75) is 12.5 Å². The summed E-state index contributed by atoms with van der Waals surface area (Å²) in [4.78, 5) is 11.1. The summed E-state index contributed by atoms with van der Waals surface area (Å²) in [6, 6.07) is 5.52. The summed E-state index contributed by atoms with van der Waals surface area (Å²) in [5.74, 6) is -0.754. The first-order valence-electron chi connectivity index (χ1n) is 6.97. The Labute approximate surface area is 129 Å². The van der Waals surface area contributed by atoms with Gasteiger partial charge in [0.2, 0.25) is 0 Å². The molecule has 0 aliphatic carbocycles. The second-order valence-corrected chi connectivity index (χ2v) is 5.58. The maximum Gasteiger partial charge on any atom is 0.160 e. The van der Waals surface area contributed by atoms with Crippen LogP contribution >= 0.6 is 0 Å². The molecule has 23 heavy (non-hydrogen) atoms. The summed E-state index contributed by atoms with van der Waals surface area (Å²) < 4.78 is 5.64. The zero-order valence-corrected chi connectivity index (χ0v) is 11.8. The molecule has 3 aromatic rings. The number of hydrogen-bond acceptors (Lipinski definition) is 6. The van der Waals surface area contributed by atoms with Gasteiger partial charge in [-0.1, -0.05) is 0 Å². The molecule has 4 rings (SSSR count). The van der Waals surface area contributed by atoms with E-state index in [1.807, 2.05) is 0 Å². The van der Waals surface area contributed by atoms with Gasteiger partial charge in [0.15, 0.2) is 35.4 Å². The van der Waals surface area contributed by atoms with Crippen molar-refractivity contribution in [1.29, 1.82) is 0 Å². The molecule has 116 valence electrons. The van der Waals surface area contributed by atoms with Gasteiger partial charge >= 0.3 is 0 Å². The van der Waals surface area contributed by atoms with Crippen LogP contribution in [0.2, 0.25) is 0 Å². The summed E-state index contributed by atoms with van der Waals surface area (Å²) >= 11 is 0. The summed E-state index contributed by atoms with van der Waals surface area (Å²) in [5, 5.41) is 41.4. The van der Waals surface area contributed by atoms with Crippen molar-refractivity contribution in [3.8, 4) is 28.7 Å². The fourth-order valence-electron chi connectivity index (χ4n) is 3.13. The van der Waals surface area contributed by atoms with Crippen molar-refractivity contribution in [3.05, 3.63) is 29.8 Å². The molecule has 0 fully saturated rings. The fraction of sp³-hybridized carbons (Fsp3) is 0.118. The van der Waals surface area contributed by atoms with Crippen LogP contribution in [-0.2, 0) is 11.2 Å². The van der Waals surface area contributed by atoms with Crippen LogP contribution in [0, 0.1) is 0 Å². The number of benzene rings is 3. The number of hydrogen-bond donors (Lipinski definition) is 4. The molecule has 0 spiro atoms. The Hall–Kier alpha value is -3.15. The normalized spacial score (nSPS) is 16.4. The van der Waals surface area contributed by atoms with E-state index in [2.05, 4.69) is 0 Å². The first-order valence-corrected chi connectivity index (χ1v) is 6.97. The average molecular weight is 312 g/mol. The standard InChI is InChI=1S/C17H12O6/c18-6-7-1-11-9-3-14(20)13(19)2-8(9)10-4-15(21)16(22)5-12(10)17(11)23-7/h2-7,19-22H,1H2/t7-/m0/s1. The molecule has 6 nitrogen and oxygen atoms in total. The quantitative estimate of drug-likeness (QED) is 0.312. The van der Waals surface area contributed by atoms with Gasteiger partial charge in [-0.2, -0.15) is 0 Å². The Morgan fingerprint density at radius 1 is 0.826 bits per heavy atom. The van der Waals surface area contributed by atoms with Crippen LogP contribution in [0.5, 0.6) is 28.7 Å². The zero-order valence-electron chi connectivity index (χ0n) is 11.8. The molecule has 1 atom stereocenters. The number of aromatic hydroxyl groups is 4. The maximum absolute atomic E-state index is 11.1. The number of ether oxygens (including phenoxy) is 1. The summed E-state index contributed by atoms with van der Waals surface area (Å²) in [6.45, 7) is 0. The second kappa shape index (κ2) is 4.42. The van der Waals surface area contributed by atoms with Crippen LogP contribution in [-0.4, -0.2) is 32.8 Å². The molecule has 0 saturated carbocycles. The van der Waals surface area contributed by atoms with Gasteiger partial charge in [-0.05, 0) is 40.4 Å². The Kier molecular flexibility index (Phi) is 2.60. The van der Waals surface area contributed by atoms with Crippen molar-refractivity contribution < 1.29 is 30.0 Å². The van der Waals surface area contributed by atoms with Crippen LogP contribution in [0.4, 0.5) is 0 Å². The van der Waals surface area contributed by atoms with Crippen molar-refractivity contribution in [3.63, 3.8) is 0 Å². The number of fused-ring (bicyclic) bond motifs is 6. The van der Waals surface area contributed by atoms with Gasteiger partial charge in [0.05, 0.1) is 0 Å². The van der Waals surface area contributed by atoms with E-state index in [-0.39, 0.29) is 23.0 Å². The van der Waals surface area contributed by atoms with Gasteiger partial charge in [0, 0.05) is 17.4 Å². The number of rotatable bonds is 1. The molecule has 1 aliphatic heterocycles. The summed E-state index contributed by atoms with van der Waals surface area (Å²) in [7, 11) is 0. The molecule has 0 aromatic heterocycles. The van der Waals surface area contributed by atoms with Crippen LogP contribution in [0.1, 0.15) is 5.56 Å². The van der Waals surface area contributed by atoms with Crippen molar-refractivity contribution in [2.75, 3.05) is 0 Å². The molecule has 1 aliphatic rings. The molecular weight excluding hydrogens is 300 g/mol. The summed E-state index contributed by atoms with van der Waals surface area (Å²) in [5.41, 5.74) is 0.713. The lowest BCUT2D eigenvalue weighted by Crippen LogP contribution is -2.13. The minimum atomic E-state index is -0.648. The molecule has 0 amide bonds. The second-order valence-electron chi connectivity index (χ2n) is 5.58. The Balaban J connectivity index is 2.22. The van der Waals surface area contributed by atoms with E-state index in [0.29, 0.717) is 45.6 Å². The number of carbonyl (C=O) groups is 1. The molecule has 0 radical (unpaired) electrons. The minimum absolute atomic E-state index is 0.281. The van der Waals surface area contributed by atoms with Crippen LogP contribution in [0.25, 0.3) is 21.5 Å². The minimum Gasteiger partial charge on any atom is -0.504 e. The third-order valence-electron chi connectivity index (χ3n) is 4.19. The predicted octanol–water partition coefficient (Wildman–Crippen LogP) is 2.32. The van der Waals surface area contributed by atoms with E-state index in [1.165, 1.54) is 24.3 Å². The molecule has 0 unspecified atom stereocenters. The number of aldehydes is 1. The van der Waals surface area contributed by atoms with Crippen LogP contribution in [0.15, 0.2) is 24.3 Å². The lowest BCUT2D eigenvalue weighted by Gasteiger charge is -2.13. The van der Waals surface area contributed by atoms with E-state index < -0.39 is 6.10 Å². The fourth-order valence-corrected chi connectivity index (χ4v) is 3.13. The van der Waals surface area contributed by atoms with E-state index in [0.717, 1.165) is 0 Å². The molecule has 0 bridgehead atoms. The first kappa shape index (κ1) is 13.5. The number of phenols is 4. The van der Waals surface area contributed by atoms with Crippen LogP contribution in [0.3, 0.4) is 0 Å². The average Bonchev–Trinajstić information content (AvgIpc) is 2.96. The molecular formula is C17H12O6. The smallest absolute Gasteiger partial charge is 0.160 e. The Morgan fingerprint density at radius 3 is 1.87 bits per heavy atom. The highest BCUT2D eigenvalue weighted by Crippen LogP contribution is 2.47. The first-order chi connectivity index (χ1) is 11.0. The molecule has 6 heteroatoms. The van der Waals surface area contributed by atoms with Gasteiger partial charge in [0.1, 0.15) is 5.75 Å². The van der Waals surface area contributed by atoms with E-state index in [4.69, 9.17) is 4.74 Å². The Morgan fingerprint density at radius 2 is 1.30 bits per heavy atom. The largest absolute Gasteiger partial charge is 0.504 e. The predicted molar refractivity (Wildman–Crippen MR) is 82.3 cm³/mol. The monoisotopic (exact) mass is 312 g/mol. The highest BCUT2D eigenvalue weighted by atomic mass is 16.5. The lowest BCUT2D eigenvalue weighted by molar-refractivity contribution is -0.113. The van der Waals surface area contributed by atoms with Gasteiger partial charge in [-0.15, -0.1) is 0 Å².